The van der Waals surface area contributed by atoms with Crippen molar-refractivity contribution >= 4 is 22.5 Å². The number of nitrogens with one attached hydrogen (secondary N) is 1. The van der Waals surface area contributed by atoms with E-state index < -0.39 is 29.3 Å². The highest BCUT2D eigenvalue weighted by Gasteiger charge is 2.42. The van der Waals surface area contributed by atoms with Gasteiger partial charge < -0.3 is 5.32 Å². The molecule has 0 aliphatic heterocycles. The summed E-state index contributed by atoms with van der Waals surface area (Å²) in [4.78, 5) is 16.9. The molecule has 0 atom stereocenters. The van der Waals surface area contributed by atoms with Gasteiger partial charge in [0.15, 0.2) is 11.4 Å². The zero-order chi connectivity index (χ0) is 21.5. The van der Waals surface area contributed by atoms with E-state index in [1.807, 2.05) is 6.92 Å². The van der Waals surface area contributed by atoms with Crippen LogP contribution in [-0.2, 0) is 6.18 Å². The molecule has 10 heteroatoms. The molecule has 0 aliphatic rings. The number of nitrogens with zero attached hydrogens (tertiary/aromatic N) is 4. The van der Waals surface area contributed by atoms with Crippen LogP contribution in [-0.4, -0.2) is 25.9 Å². The molecule has 2 aromatic heterocycles. The van der Waals surface area contributed by atoms with Crippen LogP contribution in [0.2, 0.25) is 0 Å². The third-order valence-corrected chi connectivity index (χ3v) is 4.43. The fraction of sp³-hybridized carbons (Fsp3) is 0.100. The Bertz CT molecular complexity index is 1270. The van der Waals surface area contributed by atoms with Gasteiger partial charge in [-0.3, -0.25) is 9.78 Å². The molecule has 6 nitrogen and oxygen atoms in total. The first-order valence-electron chi connectivity index (χ1n) is 8.70. The van der Waals surface area contributed by atoms with Gasteiger partial charge in [-0.05, 0) is 48.9 Å². The third kappa shape index (κ3) is 3.47. The van der Waals surface area contributed by atoms with Crippen molar-refractivity contribution in [2.75, 3.05) is 5.32 Å². The smallest absolute Gasteiger partial charge is 0.320 e. The maximum Gasteiger partial charge on any atom is 0.435 e. The van der Waals surface area contributed by atoms with E-state index in [9.17, 15) is 22.4 Å². The van der Waals surface area contributed by atoms with Gasteiger partial charge in [-0.2, -0.15) is 13.2 Å². The lowest BCUT2D eigenvalue weighted by atomic mass is 10.1. The van der Waals surface area contributed by atoms with Gasteiger partial charge >= 0.3 is 6.18 Å². The van der Waals surface area contributed by atoms with Crippen LogP contribution in [0.15, 0.2) is 54.7 Å². The predicted molar refractivity (Wildman–Crippen MR) is 101 cm³/mol. The number of aryl methyl sites for hydroxylation is 1. The van der Waals surface area contributed by atoms with Gasteiger partial charge in [-0.25, -0.2) is 9.07 Å². The minimum atomic E-state index is -4.96. The minimum absolute atomic E-state index is 0.209. The largest absolute Gasteiger partial charge is 0.435 e. The lowest BCUT2D eigenvalue weighted by molar-refractivity contribution is -0.143. The molecule has 4 aromatic rings. The van der Waals surface area contributed by atoms with Gasteiger partial charge in [0, 0.05) is 11.6 Å². The molecule has 0 unspecified atom stereocenters. The van der Waals surface area contributed by atoms with E-state index in [0.29, 0.717) is 15.6 Å². The number of amides is 1. The molecule has 1 N–H and O–H groups in total. The number of anilines is 1. The van der Waals surface area contributed by atoms with E-state index in [4.69, 9.17) is 0 Å². The van der Waals surface area contributed by atoms with Crippen LogP contribution in [0.25, 0.3) is 16.6 Å². The summed E-state index contributed by atoms with van der Waals surface area (Å²) in [6.45, 7) is 1.83. The number of benzene rings is 2. The summed E-state index contributed by atoms with van der Waals surface area (Å²) in [6.07, 6.45) is -3.38. The van der Waals surface area contributed by atoms with Crippen LogP contribution in [0.3, 0.4) is 0 Å². The number of fused-ring (bicyclic) bond motifs is 1. The molecule has 0 bridgehead atoms. The van der Waals surface area contributed by atoms with Crippen LogP contribution in [0.5, 0.6) is 0 Å². The molecule has 30 heavy (non-hydrogen) atoms. The predicted octanol–water partition coefficient (Wildman–Crippen LogP) is 4.53. The Morgan fingerprint density at radius 3 is 2.63 bits per heavy atom. The highest BCUT2D eigenvalue weighted by atomic mass is 19.4. The quantitative estimate of drug-likeness (QED) is 0.499. The van der Waals surface area contributed by atoms with Crippen molar-refractivity contribution in [1.29, 1.82) is 0 Å². The number of carbonyl (C=O) groups excluding carboxylic acids is 1. The fourth-order valence-corrected chi connectivity index (χ4v) is 3.08. The van der Waals surface area contributed by atoms with Crippen molar-refractivity contribution in [2.24, 2.45) is 0 Å². The second kappa shape index (κ2) is 7.21. The molecule has 0 radical (unpaired) electrons. The van der Waals surface area contributed by atoms with Gasteiger partial charge in [0.1, 0.15) is 5.82 Å². The Morgan fingerprint density at radius 1 is 1.10 bits per heavy atom. The van der Waals surface area contributed by atoms with Crippen LogP contribution >= 0.6 is 0 Å². The molecule has 2 aromatic carbocycles. The summed E-state index contributed by atoms with van der Waals surface area (Å²) in [6, 6.07) is 11.0. The summed E-state index contributed by atoms with van der Waals surface area (Å²) in [5, 5.41) is 9.88. The van der Waals surface area contributed by atoms with Gasteiger partial charge in [-0.15, -0.1) is 5.10 Å². The zero-order valence-corrected chi connectivity index (χ0v) is 15.4. The molecule has 0 spiro atoms. The van der Waals surface area contributed by atoms with Crippen molar-refractivity contribution in [2.45, 2.75) is 13.1 Å². The molecule has 0 aliphatic carbocycles. The zero-order valence-electron chi connectivity index (χ0n) is 15.4. The van der Waals surface area contributed by atoms with Crippen LogP contribution in [0.4, 0.5) is 23.2 Å². The monoisotopic (exact) mass is 415 g/mol. The van der Waals surface area contributed by atoms with Crippen molar-refractivity contribution in [3.8, 4) is 5.69 Å². The molecular weight excluding hydrogens is 402 g/mol. The number of pyridine rings is 1. The second-order valence-electron chi connectivity index (χ2n) is 6.46. The van der Waals surface area contributed by atoms with Crippen molar-refractivity contribution in [1.82, 2.24) is 20.0 Å². The topological polar surface area (TPSA) is 72.7 Å². The van der Waals surface area contributed by atoms with Gasteiger partial charge in [0.2, 0.25) is 0 Å². The molecule has 2 heterocycles. The highest BCUT2D eigenvalue weighted by molar-refractivity contribution is 6.08. The Kier molecular flexibility index (Phi) is 4.69. The SMILES string of the molecule is Cc1ccc(NC(=O)c2nnn(-c3cccc(F)c3)c2C(F)(F)F)c2cccnc12. The second-order valence-corrected chi connectivity index (χ2v) is 6.46. The summed E-state index contributed by atoms with van der Waals surface area (Å²) >= 11 is 0. The van der Waals surface area contributed by atoms with Crippen molar-refractivity contribution in [3.63, 3.8) is 0 Å². The summed E-state index contributed by atoms with van der Waals surface area (Å²) < 4.78 is 55.1. The first kappa shape index (κ1) is 19.5. The Balaban J connectivity index is 1.78. The number of aromatic nitrogens is 4. The molecule has 1 amide bonds. The Morgan fingerprint density at radius 2 is 1.90 bits per heavy atom. The summed E-state index contributed by atoms with van der Waals surface area (Å²) in [5.74, 6) is -1.85. The standard InChI is InChI=1S/C20H13F4N5O/c1-11-7-8-15(14-6-3-9-25-16(11)14)26-19(30)17-18(20(22,23)24)29(28-27-17)13-5-2-4-12(21)10-13/h2-10H,1H3,(H,26,30). The Hall–Kier alpha value is -3.82. The number of rotatable bonds is 3. The van der Waals surface area contributed by atoms with Gasteiger partial charge in [0.25, 0.3) is 5.91 Å². The number of hydrogen-bond donors (Lipinski definition) is 1. The summed E-state index contributed by atoms with van der Waals surface area (Å²) in [7, 11) is 0. The van der Waals surface area contributed by atoms with E-state index in [2.05, 4.69) is 20.6 Å². The van der Waals surface area contributed by atoms with E-state index in [-0.39, 0.29) is 11.4 Å². The summed E-state index contributed by atoms with van der Waals surface area (Å²) in [5.41, 5.74) is -0.808. The normalized spacial score (nSPS) is 11.6. The van der Waals surface area contributed by atoms with Crippen LogP contribution in [0.1, 0.15) is 21.7 Å². The first-order valence-corrected chi connectivity index (χ1v) is 8.70. The minimum Gasteiger partial charge on any atom is -0.320 e. The average molecular weight is 415 g/mol. The lowest BCUT2D eigenvalue weighted by Crippen LogP contribution is -2.21. The number of alkyl halides is 3. The number of hydrogen-bond acceptors (Lipinski definition) is 4. The van der Waals surface area contributed by atoms with Crippen LogP contribution < -0.4 is 5.32 Å². The molecule has 4 rings (SSSR count). The van der Waals surface area contributed by atoms with Gasteiger partial charge in [0.05, 0.1) is 16.9 Å². The van der Waals surface area contributed by atoms with Crippen LogP contribution in [0, 0.1) is 12.7 Å². The molecule has 0 fully saturated rings. The molecular formula is C20H13F4N5O. The van der Waals surface area contributed by atoms with Crippen molar-refractivity contribution in [3.05, 3.63) is 77.5 Å². The average Bonchev–Trinajstić information content (AvgIpc) is 3.16. The molecule has 0 saturated carbocycles. The Labute approximate surface area is 167 Å². The van der Waals surface area contributed by atoms with Crippen molar-refractivity contribution < 1.29 is 22.4 Å². The molecule has 0 saturated heterocycles. The maximum absolute atomic E-state index is 13.7. The molecule has 152 valence electrons. The van der Waals surface area contributed by atoms with Gasteiger partial charge in [-0.1, -0.05) is 17.3 Å². The number of halogens is 4. The van der Waals surface area contributed by atoms with E-state index >= 15 is 0 Å². The maximum atomic E-state index is 13.7. The third-order valence-electron chi connectivity index (χ3n) is 4.43. The first-order chi connectivity index (χ1) is 14.3. The van der Waals surface area contributed by atoms with E-state index in [1.165, 1.54) is 12.1 Å². The number of carbonyl (C=O) groups is 1. The highest BCUT2D eigenvalue weighted by Crippen LogP contribution is 2.33. The lowest BCUT2D eigenvalue weighted by Gasteiger charge is -2.12. The fourth-order valence-electron chi connectivity index (χ4n) is 3.08. The van der Waals surface area contributed by atoms with E-state index in [1.54, 1.807) is 30.5 Å². The van der Waals surface area contributed by atoms with E-state index in [0.717, 1.165) is 17.7 Å².